The van der Waals surface area contributed by atoms with Crippen molar-refractivity contribution in [3.05, 3.63) is 24.2 Å². The Balaban J connectivity index is 1.49. The predicted octanol–water partition coefficient (Wildman–Crippen LogP) is 1.66. The Hall–Kier alpha value is -1.82. The lowest BCUT2D eigenvalue weighted by molar-refractivity contribution is -0.128. The Morgan fingerprint density at radius 1 is 1.22 bits per heavy atom. The molecule has 0 aromatic carbocycles. The summed E-state index contributed by atoms with van der Waals surface area (Å²) in [5.41, 5.74) is 6.16. The second-order valence-corrected chi connectivity index (χ2v) is 6.77. The third-order valence-electron chi connectivity index (χ3n) is 5.08. The van der Waals surface area contributed by atoms with Crippen LogP contribution in [0.5, 0.6) is 0 Å². The van der Waals surface area contributed by atoms with E-state index in [4.69, 9.17) is 10.2 Å². The number of carbonyl (C=O) groups excluding carboxylic acids is 2. The molecule has 2 aliphatic rings. The van der Waals surface area contributed by atoms with Gasteiger partial charge in [0.1, 0.15) is 6.26 Å². The molecule has 0 spiro atoms. The minimum atomic E-state index is -0.692. The topological polar surface area (TPSA) is 88.6 Å². The molecule has 0 atom stereocenters. The van der Waals surface area contributed by atoms with Crippen LogP contribution in [0.4, 0.5) is 0 Å². The molecule has 1 saturated heterocycles. The van der Waals surface area contributed by atoms with E-state index in [0.29, 0.717) is 18.7 Å². The fraction of sp³-hybridized carbons (Fsp3) is 0.647. The monoisotopic (exact) mass is 319 g/mol. The molecule has 6 nitrogen and oxygen atoms in total. The summed E-state index contributed by atoms with van der Waals surface area (Å²) in [4.78, 5) is 26.5. The number of nitrogens with one attached hydrogen (secondary N) is 1. The fourth-order valence-corrected chi connectivity index (χ4v) is 3.53. The van der Waals surface area contributed by atoms with Crippen LogP contribution in [-0.4, -0.2) is 41.4 Å². The lowest BCUT2D eigenvalue weighted by Gasteiger charge is -2.36. The molecule has 3 N–H and O–H groups in total. The number of rotatable bonds is 3. The summed E-state index contributed by atoms with van der Waals surface area (Å²) in [5.74, 6) is -0.0251. The van der Waals surface area contributed by atoms with Gasteiger partial charge in [0.05, 0.1) is 17.4 Å². The van der Waals surface area contributed by atoms with Crippen LogP contribution in [0.3, 0.4) is 0 Å². The van der Waals surface area contributed by atoms with Crippen molar-refractivity contribution in [1.29, 1.82) is 0 Å². The highest BCUT2D eigenvalue weighted by Crippen LogP contribution is 2.26. The van der Waals surface area contributed by atoms with Crippen LogP contribution in [0.2, 0.25) is 0 Å². The van der Waals surface area contributed by atoms with Crippen molar-refractivity contribution in [3.63, 3.8) is 0 Å². The van der Waals surface area contributed by atoms with Crippen LogP contribution >= 0.6 is 0 Å². The maximum absolute atomic E-state index is 12.5. The zero-order valence-electron chi connectivity index (χ0n) is 13.4. The second-order valence-electron chi connectivity index (χ2n) is 6.77. The van der Waals surface area contributed by atoms with Gasteiger partial charge in [0.2, 0.25) is 5.91 Å². The quantitative estimate of drug-likeness (QED) is 0.887. The Kier molecular flexibility index (Phi) is 4.71. The van der Waals surface area contributed by atoms with Gasteiger partial charge in [-0.15, -0.1) is 0 Å². The van der Waals surface area contributed by atoms with Gasteiger partial charge in [0.25, 0.3) is 5.91 Å². The van der Waals surface area contributed by atoms with Gasteiger partial charge in [0, 0.05) is 19.1 Å². The van der Waals surface area contributed by atoms with Crippen LogP contribution in [0.15, 0.2) is 23.0 Å². The highest BCUT2D eigenvalue weighted by Gasteiger charge is 2.36. The first-order chi connectivity index (χ1) is 11.1. The van der Waals surface area contributed by atoms with Gasteiger partial charge in [-0.25, -0.2) is 0 Å². The molecular formula is C17H25N3O3. The van der Waals surface area contributed by atoms with Crippen molar-refractivity contribution in [1.82, 2.24) is 10.2 Å². The van der Waals surface area contributed by atoms with E-state index in [-0.39, 0.29) is 17.9 Å². The highest BCUT2D eigenvalue weighted by atomic mass is 16.3. The molecule has 6 heteroatoms. The lowest BCUT2D eigenvalue weighted by atomic mass is 9.81. The molecule has 1 aliphatic carbocycles. The van der Waals surface area contributed by atoms with Gasteiger partial charge in [-0.1, -0.05) is 19.3 Å². The highest BCUT2D eigenvalue weighted by molar-refractivity contribution is 5.94. The van der Waals surface area contributed by atoms with E-state index < -0.39 is 5.54 Å². The molecule has 0 unspecified atom stereocenters. The van der Waals surface area contributed by atoms with Crippen LogP contribution < -0.4 is 11.1 Å². The molecule has 3 rings (SSSR count). The van der Waals surface area contributed by atoms with Gasteiger partial charge < -0.3 is 20.4 Å². The molecular weight excluding hydrogens is 294 g/mol. The maximum atomic E-state index is 12.5. The van der Waals surface area contributed by atoms with E-state index in [1.165, 1.54) is 18.9 Å². The number of carbonyl (C=O) groups is 2. The van der Waals surface area contributed by atoms with Crippen molar-refractivity contribution < 1.29 is 14.0 Å². The number of hydrogen-bond acceptors (Lipinski definition) is 4. The first-order valence-electron chi connectivity index (χ1n) is 8.50. The molecule has 126 valence electrons. The molecule has 1 saturated carbocycles. The zero-order chi connectivity index (χ0) is 16.3. The smallest absolute Gasteiger partial charge is 0.257 e. The molecule has 2 heterocycles. The summed E-state index contributed by atoms with van der Waals surface area (Å²) in [7, 11) is 0. The number of amides is 2. The number of piperidine rings is 1. The van der Waals surface area contributed by atoms with Gasteiger partial charge in [-0.05, 0) is 31.7 Å². The molecule has 1 aromatic heterocycles. The molecule has 23 heavy (non-hydrogen) atoms. The van der Waals surface area contributed by atoms with Crippen LogP contribution in [0.1, 0.15) is 55.3 Å². The predicted molar refractivity (Wildman–Crippen MR) is 85.8 cm³/mol. The average Bonchev–Trinajstić information content (AvgIpc) is 3.10. The van der Waals surface area contributed by atoms with E-state index in [2.05, 4.69) is 5.32 Å². The maximum Gasteiger partial charge on any atom is 0.257 e. The van der Waals surface area contributed by atoms with Gasteiger partial charge in [0.15, 0.2) is 0 Å². The summed E-state index contributed by atoms with van der Waals surface area (Å²) in [6, 6.07) is 1.79. The van der Waals surface area contributed by atoms with Gasteiger partial charge in [-0.3, -0.25) is 9.59 Å². The summed E-state index contributed by atoms with van der Waals surface area (Å²) in [6.07, 6.45) is 9.29. The van der Waals surface area contributed by atoms with Crippen molar-refractivity contribution in [2.24, 2.45) is 5.73 Å². The van der Waals surface area contributed by atoms with E-state index >= 15 is 0 Å². The first kappa shape index (κ1) is 16.1. The number of furan rings is 1. The van der Waals surface area contributed by atoms with Crippen LogP contribution in [0, 0.1) is 0 Å². The number of hydrogen-bond donors (Lipinski definition) is 2. The largest absolute Gasteiger partial charge is 0.472 e. The van der Waals surface area contributed by atoms with Crippen LogP contribution in [0.25, 0.3) is 0 Å². The Labute approximate surface area is 136 Å². The summed E-state index contributed by atoms with van der Waals surface area (Å²) in [6.45, 7) is 1.29. The Morgan fingerprint density at radius 2 is 1.91 bits per heavy atom. The fourth-order valence-electron chi connectivity index (χ4n) is 3.53. The van der Waals surface area contributed by atoms with Gasteiger partial charge >= 0.3 is 0 Å². The van der Waals surface area contributed by atoms with E-state index in [1.807, 2.05) is 4.90 Å². The van der Waals surface area contributed by atoms with Crippen molar-refractivity contribution in [2.75, 3.05) is 13.1 Å². The molecule has 1 aliphatic heterocycles. The van der Waals surface area contributed by atoms with E-state index in [1.54, 1.807) is 6.07 Å². The molecule has 2 fully saturated rings. The normalized spacial score (nSPS) is 21.9. The second kappa shape index (κ2) is 6.74. The first-order valence-corrected chi connectivity index (χ1v) is 8.50. The molecule has 0 radical (unpaired) electrons. The van der Waals surface area contributed by atoms with Crippen LogP contribution in [-0.2, 0) is 4.79 Å². The molecule has 2 amide bonds. The minimum absolute atomic E-state index is 0.00824. The zero-order valence-corrected chi connectivity index (χ0v) is 13.4. The average molecular weight is 319 g/mol. The summed E-state index contributed by atoms with van der Waals surface area (Å²) >= 11 is 0. The number of nitrogens with zero attached hydrogens (tertiary/aromatic N) is 1. The molecule has 1 aromatic rings. The minimum Gasteiger partial charge on any atom is -0.472 e. The van der Waals surface area contributed by atoms with E-state index in [9.17, 15) is 9.59 Å². The van der Waals surface area contributed by atoms with Crippen molar-refractivity contribution in [2.45, 2.75) is 56.5 Å². The SMILES string of the molecule is NC1(C(=O)NC2CCN(C(=O)c3ccoc3)CC2)CCCCC1. The third kappa shape index (κ3) is 3.58. The number of likely N-dealkylation sites (tertiary alicyclic amines) is 1. The number of nitrogens with two attached hydrogens (primary N) is 1. The molecule has 0 bridgehead atoms. The Morgan fingerprint density at radius 3 is 2.52 bits per heavy atom. The van der Waals surface area contributed by atoms with Gasteiger partial charge in [-0.2, -0.15) is 0 Å². The van der Waals surface area contributed by atoms with E-state index in [0.717, 1.165) is 38.5 Å². The Bertz CT molecular complexity index is 541. The standard InChI is InChI=1S/C17H25N3O3/c18-17(7-2-1-3-8-17)16(22)19-14-4-9-20(10-5-14)15(21)13-6-11-23-12-13/h6,11-12,14H,1-5,7-10,18H2,(H,19,22). The lowest BCUT2D eigenvalue weighted by Crippen LogP contribution is -2.58. The third-order valence-corrected chi connectivity index (χ3v) is 5.08. The summed E-state index contributed by atoms with van der Waals surface area (Å²) < 4.78 is 4.96. The van der Waals surface area contributed by atoms with Crippen molar-refractivity contribution in [3.8, 4) is 0 Å². The van der Waals surface area contributed by atoms with Crippen molar-refractivity contribution >= 4 is 11.8 Å². The summed E-state index contributed by atoms with van der Waals surface area (Å²) in [5, 5.41) is 3.10.